The Balaban J connectivity index is 1.92. The van der Waals surface area contributed by atoms with Gasteiger partial charge in [-0.25, -0.2) is 0 Å². The zero-order valence-electron chi connectivity index (χ0n) is 15.2. The molecule has 3 rings (SSSR count). The van der Waals surface area contributed by atoms with Gasteiger partial charge in [-0.05, 0) is 61.2 Å². The maximum absolute atomic E-state index is 12.4. The molecule has 7 heteroatoms. The standard InChI is InChI=1S/C20H22F3NO3/c1-3-25-17-11-14-9-10-24-19(16(14)12-18(17)26-4-2)13-5-7-15(8-6-13)27-20(21,22)23/h5-8,11-12,19,24H,3-4,9-10H2,1-2H3. The van der Waals surface area contributed by atoms with E-state index in [4.69, 9.17) is 9.47 Å². The molecule has 0 fully saturated rings. The van der Waals surface area contributed by atoms with Crippen LogP contribution in [-0.2, 0) is 6.42 Å². The lowest BCUT2D eigenvalue weighted by molar-refractivity contribution is -0.274. The number of halogens is 3. The Hall–Kier alpha value is -2.41. The molecule has 1 aliphatic heterocycles. The van der Waals surface area contributed by atoms with Crippen LogP contribution in [0.2, 0.25) is 0 Å². The summed E-state index contributed by atoms with van der Waals surface area (Å²) in [7, 11) is 0. The van der Waals surface area contributed by atoms with Crippen molar-refractivity contribution >= 4 is 0 Å². The van der Waals surface area contributed by atoms with Crippen molar-refractivity contribution in [2.75, 3.05) is 19.8 Å². The first kappa shape index (κ1) is 19.4. The van der Waals surface area contributed by atoms with Crippen molar-refractivity contribution in [3.05, 3.63) is 53.1 Å². The van der Waals surface area contributed by atoms with E-state index in [2.05, 4.69) is 10.1 Å². The third-order valence-corrected chi connectivity index (χ3v) is 4.31. The van der Waals surface area contributed by atoms with Crippen molar-refractivity contribution in [1.82, 2.24) is 5.32 Å². The van der Waals surface area contributed by atoms with E-state index in [1.165, 1.54) is 12.1 Å². The molecule has 0 saturated carbocycles. The van der Waals surface area contributed by atoms with Gasteiger partial charge in [0.1, 0.15) is 5.75 Å². The summed E-state index contributed by atoms with van der Waals surface area (Å²) in [5.74, 6) is 1.15. The average Bonchev–Trinajstić information content (AvgIpc) is 2.62. The first-order valence-electron chi connectivity index (χ1n) is 8.92. The van der Waals surface area contributed by atoms with Crippen LogP contribution in [0.1, 0.15) is 36.6 Å². The molecule has 2 aromatic rings. The van der Waals surface area contributed by atoms with Crippen LogP contribution in [0.4, 0.5) is 13.2 Å². The topological polar surface area (TPSA) is 39.7 Å². The molecule has 27 heavy (non-hydrogen) atoms. The Kier molecular flexibility index (Phi) is 5.79. The second-order valence-electron chi connectivity index (χ2n) is 6.12. The van der Waals surface area contributed by atoms with Gasteiger partial charge in [0.15, 0.2) is 11.5 Å². The lowest BCUT2D eigenvalue weighted by atomic mass is 9.89. The van der Waals surface area contributed by atoms with Crippen LogP contribution in [0.5, 0.6) is 17.2 Å². The van der Waals surface area contributed by atoms with E-state index in [-0.39, 0.29) is 11.8 Å². The normalized spacial score (nSPS) is 16.6. The number of hydrogen-bond acceptors (Lipinski definition) is 4. The Morgan fingerprint density at radius 3 is 2.22 bits per heavy atom. The SMILES string of the molecule is CCOc1cc2c(cc1OCC)C(c1ccc(OC(F)(F)F)cc1)NCC2. The Morgan fingerprint density at radius 2 is 1.63 bits per heavy atom. The summed E-state index contributed by atoms with van der Waals surface area (Å²) in [4.78, 5) is 0. The van der Waals surface area contributed by atoms with Gasteiger partial charge in [-0.3, -0.25) is 0 Å². The number of benzene rings is 2. The lowest BCUT2D eigenvalue weighted by Gasteiger charge is -2.29. The van der Waals surface area contributed by atoms with E-state index in [9.17, 15) is 13.2 Å². The van der Waals surface area contributed by atoms with E-state index < -0.39 is 6.36 Å². The van der Waals surface area contributed by atoms with Crippen molar-refractivity contribution in [2.24, 2.45) is 0 Å². The van der Waals surface area contributed by atoms with Crippen LogP contribution in [0.15, 0.2) is 36.4 Å². The fraction of sp³-hybridized carbons (Fsp3) is 0.400. The van der Waals surface area contributed by atoms with Crippen molar-refractivity contribution in [3.8, 4) is 17.2 Å². The third kappa shape index (κ3) is 4.66. The summed E-state index contributed by atoms with van der Waals surface area (Å²) in [6.07, 6.45) is -3.85. The Morgan fingerprint density at radius 1 is 1.00 bits per heavy atom. The van der Waals surface area contributed by atoms with Gasteiger partial charge < -0.3 is 19.5 Å². The van der Waals surface area contributed by atoms with Gasteiger partial charge in [0.2, 0.25) is 0 Å². The molecule has 0 aromatic heterocycles. The molecule has 2 aromatic carbocycles. The maximum atomic E-state index is 12.4. The van der Waals surface area contributed by atoms with Gasteiger partial charge in [0.05, 0.1) is 19.3 Å². The fourth-order valence-electron chi connectivity index (χ4n) is 3.26. The van der Waals surface area contributed by atoms with Crippen LogP contribution in [0.25, 0.3) is 0 Å². The van der Waals surface area contributed by atoms with Crippen molar-refractivity contribution in [1.29, 1.82) is 0 Å². The summed E-state index contributed by atoms with van der Waals surface area (Å²) >= 11 is 0. The molecule has 146 valence electrons. The first-order valence-corrected chi connectivity index (χ1v) is 8.92. The smallest absolute Gasteiger partial charge is 0.490 e. The number of nitrogens with one attached hydrogen (secondary N) is 1. The van der Waals surface area contributed by atoms with Crippen LogP contribution in [0.3, 0.4) is 0 Å². The second-order valence-corrected chi connectivity index (χ2v) is 6.12. The lowest BCUT2D eigenvalue weighted by Crippen LogP contribution is -2.30. The highest BCUT2D eigenvalue weighted by molar-refractivity contribution is 5.52. The van der Waals surface area contributed by atoms with Gasteiger partial charge in [0, 0.05) is 6.54 Å². The van der Waals surface area contributed by atoms with Gasteiger partial charge in [-0.15, -0.1) is 13.2 Å². The predicted octanol–water partition coefficient (Wildman–Crippen LogP) is 4.62. The highest BCUT2D eigenvalue weighted by atomic mass is 19.4. The molecule has 0 spiro atoms. The first-order chi connectivity index (χ1) is 12.9. The van der Waals surface area contributed by atoms with Crippen LogP contribution < -0.4 is 19.5 Å². The van der Waals surface area contributed by atoms with Crippen molar-refractivity contribution in [2.45, 2.75) is 32.7 Å². The molecule has 0 aliphatic carbocycles. The van der Waals surface area contributed by atoms with Crippen LogP contribution >= 0.6 is 0 Å². The Bertz CT molecular complexity index is 775. The van der Waals surface area contributed by atoms with Crippen molar-refractivity contribution in [3.63, 3.8) is 0 Å². The number of fused-ring (bicyclic) bond motifs is 1. The Labute approximate surface area is 156 Å². The number of ether oxygens (including phenoxy) is 3. The number of alkyl halides is 3. The zero-order chi connectivity index (χ0) is 19.4. The summed E-state index contributed by atoms with van der Waals surface area (Å²) in [5.41, 5.74) is 3.04. The largest absolute Gasteiger partial charge is 0.573 e. The quantitative estimate of drug-likeness (QED) is 0.793. The average molecular weight is 381 g/mol. The fourth-order valence-corrected chi connectivity index (χ4v) is 3.26. The molecule has 0 bridgehead atoms. The van der Waals surface area contributed by atoms with Gasteiger partial charge in [0.25, 0.3) is 0 Å². The van der Waals surface area contributed by atoms with Gasteiger partial charge >= 0.3 is 6.36 Å². The summed E-state index contributed by atoms with van der Waals surface area (Å²) in [5, 5.41) is 3.42. The van der Waals surface area contributed by atoms with E-state index in [0.717, 1.165) is 29.7 Å². The number of rotatable bonds is 6. The minimum atomic E-state index is -4.70. The maximum Gasteiger partial charge on any atom is 0.573 e. The molecule has 0 radical (unpaired) electrons. The molecular formula is C20H22F3NO3. The molecule has 1 heterocycles. The summed E-state index contributed by atoms with van der Waals surface area (Å²) < 4.78 is 52.4. The van der Waals surface area contributed by atoms with E-state index in [0.29, 0.717) is 24.7 Å². The molecule has 1 atom stereocenters. The molecule has 1 unspecified atom stereocenters. The zero-order valence-corrected chi connectivity index (χ0v) is 15.2. The summed E-state index contributed by atoms with van der Waals surface area (Å²) in [6, 6.07) is 9.77. The van der Waals surface area contributed by atoms with Gasteiger partial charge in [-0.2, -0.15) is 0 Å². The van der Waals surface area contributed by atoms with Gasteiger partial charge in [-0.1, -0.05) is 12.1 Å². The molecule has 1 aliphatic rings. The van der Waals surface area contributed by atoms with Crippen molar-refractivity contribution < 1.29 is 27.4 Å². The molecule has 0 amide bonds. The predicted molar refractivity (Wildman–Crippen MR) is 95.5 cm³/mol. The molecule has 0 saturated heterocycles. The molecular weight excluding hydrogens is 359 g/mol. The third-order valence-electron chi connectivity index (χ3n) is 4.31. The van der Waals surface area contributed by atoms with Crippen LogP contribution in [0, 0.1) is 0 Å². The summed E-state index contributed by atoms with van der Waals surface area (Å²) in [6.45, 7) is 5.65. The number of hydrogen-bond donors (Lipinski definition) is 1. The molecule has 4 nitrogen and oxygen atoms in total. The minimum Gasteiger partial charge on any atom is -0.490 e. The highest BCUT2D eigenvalue weighted by Crippen LogP contribution is 2.38. The minimum absolute atomic E-state index is 0.136. The van der Waals surface area contributed by atoms with E-state index >= 15 is 0 Å². The van der Waals surface area contributed by atoms with Crippen LogP contribution in [-0.4, -0.2) is 26.1 Å². The second kappa shape index (κ2) is 8.08. The molecule has 1 N–H and O–H groups in total. The monoisotopic (exact) mass is 381 g/mol. The van der Waals surface area contributed by atoms with E-state index in [1.807, 2.05) is 26.0 Å². The van der Waals surface area contributed by atoms with E-state index in [1.54, 1.807) is 12.1 Å². The highest BCUT2D eigenvalue weighted by Gasteiger charge is 2.31.